The number of aliphatic hydroxyl groups is 1. The first-order chi connectivity index (χ1) is 6.11. The highest BCUT2D eigenvalue weighted by molar-refractivity contribution is 4.66. The van der Waals surface area contributed by atoms with E-state index >= 15 is 0 Å². The number of nitrogens with zero attached hydrogens (tertiary/aromatic N) is 1. The fraction of sp³-hybridized carbons (Fsp3) is 1.00. The lowest BCUT2D eigenvalue weighted by Crippen LogP contribution is -2.39. The second kappa shape index (κ2) is 7.30. The summed E-state index contributed by atoms with van der Waals surface area (Å²) in [6.45, 7) is 11.1. The van der Waals surface area contributed by atoms with E-state index in [-0.39, 0.29) is 6.10 Å². The van der Waals surface area contributed by atoms with Crippen LogP contribution in [0.3, 0.4) is 0 Å². The van der Waals surface area contributed by atoms with Crippen LogP contribution < -0.4 is 0 Å². The van der Waals surface area contributed by atoms with Gasteiger partial charge in [0.05, 0.1) is 12.7 Å². The minimum absolute atomic E-state index is 0.359. The maximum atomic E-state index is 9.56. The van der Waals surface area contributed by atoms with Gasteiger partial charge in [0.25, 0.3) is 0 Å². The van der Waals surface area contributed by atoms with Crippen molar-refractivity contribution in [3.05, 3.63) is 0 Å². The topological polar surface area (TPSA) is 32.7 Å². The van der Waals surface area contributed by atoms with Crippen molar-refractivity contribution in [2.45, 2.75) is 39.8 Å². The lowest BCUT2D eigenvalue weighted by atomic mass is 10.2. The largest absolute Gasteiger partial charge is 0.389 e. The molecule has 0 amide bonds. The minimum atomic E-state index is -0.359. The molecular formula is C10H23NO2. The molecule has 0 rings (SSSR count). The van der Waals surface area contributed by atoms with Crippen LogP contribution in [-0.4, -0.2) is 48.5 Å². The van der Waals surface area contributed by atoms with Crippen molar-refractivity contribution in [2.75, 3.05) is 26.3 Å². The van der Waals surface area contributed by atoms with Crippen LogP contribution in [0.1, 0.15) is 27.7 Å². The summed E-state index contributed by atoms with van der Waals surface area (Å²) in [6, 6.07) is 0.487. The molecule has 0 aliphatic carbocycles. The Morgan fingerprint density at radius 1 is 1.31 bits per heavy atom. The Bertz CT molecular complexity index is 117. The van der Waals surface area contributed by atoms with Crippen molar-refractivity contribution in [1.82, 2.24) is 4.90 Å². The van der Waals surface area contributed by atoms with E-state index in [1.54, 1.807) is 0 Å². The molecule has 1 N–H and O–H groups in total. The molecule has 0 aromatic rings. The summed E-state index contributed by atoms with van der Waals surface area (Å²) >= 11 is 0. The summed E-state index contributed by atoms with van der Waals surface area (Å²) in [4.78, 5) is 2.23. The van der Waals surface area contributed by atoms with Gasteiger partial charge >= 0.3 is 0 Å². The van der Waals surface area contributed by atoms with Crippen LogP contribution in [0.15, 0.2) is 0 Å². The minimum Gasteiger partial charge on any atom is -0.389 e. The highest BCUT2D eigenvalue weighted by Gasteiger charge is 2.12. The zero-order chi connectivity index (χ0) is 10.3. The second-order valence-corrected chi connectivity index (χ2v) is 3.49. The predicted molar refractivity (Wildman–Crippen MR) is 54.9 cm³/mol. The Labute approximate surface area is 81.7 Å². The maximum absolute atomic E-state index is 9.56. The van der Waals surface area contributed by atoms with E-state index in [2.05, 4.69) is 25.7 Å². The molecule has 3 heteroatoms. The van der Waals surface area contributed by atoms with E-state index in [0.29, 0.717) is 25.8 Å². The van der Waals surface area contributed by atoms with Gasteiger partial charge in [-0.05, 0) is 27.3 Å². The Morgan fingerprint density at radius 3 is 2.31 bits per heavy atom. The monoisotopic (exact) mass is 189 g/mol. The highest BCUT2D eigenvalue weighted by Crippen LogP contribution is 1.99. The molecule has 0 saturated carbocycles. The standard InChI is InChI=1S/C10H23NO2/c1-5-11(9(3)4)7-10(12)8-13-6-2/h9-10,12H,5-8H2,1-4H3. The molecule has 3 nitrogen and oxygen atoms in total. The van der Waals surface area contributed by atoms with E-state index in [4.69, 9.17) is 4.74 Å². The number of rotatable bonds is 7. The summed E-state index contributed by atoms with van der Waals surface area (Å²) < 4.78 is 5.14. The molecule has 1 atom stereocenters. The lowest BCUT2D eigenvalue weighted by Gasteiger charge is -2.27. The number of hydrogen-bond acceptors (Lipinski definition) is 3. The normalized spacial score (nSPS) is 14.1. The van der Waals surface area contributed by atoms with Gasteiger partial charge in [0, 0.05) is 19.2 Å². The first kappa shape index (κ1) is 12.9. The number of likely N-dealkylation sites (N-methyl/N-ethyl adjacent to an activating group) is 1. The molecule has 0 aliphatic rings. The first-order valence-corrected chi connectivity index (χ1v) is 5.11. The van der Waals surface area contributed by atoms with Crippen molar-refractivity contribution >= 4 is 0 Å². The van der Waals surface area contributed by atoms with Crippen molar-refractivity contribution < 1.29 is 9.84 Å². The number of ether oxygens (including phenoxy) is 1. The van der Waals surface area contributed by atoms with Gasteiger partial charge in [0.15, 0.2) is 0 Å². The molecule has 0 spiro atoms. The van der Waals surface area contributed by atoms with Gasteiger partial charge in [-0.3, -0.25) is 4.90 Å². The molecule has 0 heterocycles. The molecule has 1 unspecified atom stereocenters. The van der Waals surface area contributed by atoms with Gasteiger partial charge in [-0.15, -0.1) is 0 Å². The highest BCUT2D eigenvalue weighted by atomic mass is 16.5. The molecule has 0 aromatic heterocycles. The third kappa shape index (κ3) is 6.02. The van der Waals surface area contributed by atoms with Gasteiger partial charge in [-0.1, -0.05) is 6.92 Å². The van der Waals surface area contributed by atoms with Crippen molar-refractivity contribution in [3.8, 4) is 0 Å². The fourth-order valence-electron chi connectivity index (χ4n) is 1.28. The zero-order valence-electron chi connectivity index (χ0n) is 9.29. The van der Waals surface area contributed by atoms with Crippen LogP contribution in [0, 0.1) is 0 Å². The molecule has 0 saturated heterocycles. The predicted octanol–water partition coefficient (Wildman–Crippen LogP) is 1.11. The molecular weight excluding hydrogens is 166 g/mol. The van der Waals surface area contributed by atoms with E-state index in [1.807, 2.05) is 6.92 Å². The van der Waals surface area contributed by atoms with E-state index in [1.165, 1.54) is 0 Å². The first-order valence-electron chi connectivity index (χ1n) is 5.11. The van der Waals surface area contributed by atoms with Crippen LogP contribution in [0.4, 0.5) is 0 Å². The summed E-state index contributed by atoms with van der Waals surface area (Å²) in [5, 5.41) is 9.56. The molecule has 0 aromatic carbocycles. The second-order valence-electron chi connectivity index (χ2n) is 3.49. The van der Waals surface area contributed by atoms with E-state index in [9.17, 15) is 5.11 Å². The van der Waals surface area contributed by atoms with Crippen molar-refractivity contribution in [1.29, 1.82) is 0 Å². The molecule has 0 fully saturated rings. The number of hydrogen-bond donors (Lipinski definition) is 1. The van der Waals surface area contributed by atoms with Crippen molar-refractivity contribution in [2.24, 2.45) is 0 Å². The lowest BCUT2D eigenvalue weighted by molar-refractivity contribution is 0.0164. The van der Waals surface area contributed by atoms with E-state index in [0.717, 1.165) is 6.54 Å². The third-order valence-corrected chi connectivity index (χ3v) is 2.10. The third-order valence-electron chi connectivity index (χ3n) is 2.10. The van der Waals surface area contributed by atoms with Gasteiger partial charge in [-0.2, -0.15) is 0 Å². The fourth-order valence-corrected chi connectivity index (χ4v) is 1.28. The van der Waals surface area contributed by atoms with Gasteiger partial charge in [0.2, 0.25) is 0 Å². The molecule has 0 bridgehead atoms. The quantitative estimate of drug-likeness (QED) is 0.651. The van der Waals surface area contributed by atoms with Gasteiger partial charge in [0.1, 0.15) is 0 Å². The molecule has 0 aliphatic heterocycles. The molecule has 13 heavy (non-hydrogen) atoms. The molecule has 0 radical (unpaired) electrons. The Kier molecular flexibility index (Phi) is 7.23. The summed E-state index contributed by atoms with van der Waals surface area (Å²) in [6.07, 6.45) is -0.359. The van der Waals surface area contributed by atoms with Crippen LogP contribution in [0.5, 0.6) is 0 Å². The van der Waals surface area contributed by atoms with Crippen LogP contribution in [0.25, 0.3) is 0 Å². The average Bonchev–Trinajstić information content (AvgIpc) is 2.10. The van der Waals surface area contributed by atoms with Gasteiger partial charge < -0.3 is 9.84 Å². The summed E-state index contributed by atoms with van der Waals surface area (Å²) in [5.74, 6) is 0. The van der Waals surface area contributed by atoms with Crippen LogP contribution in [0.2, 0.25) is 0 Å². The van der Waals surface area contributed by atoms with E-state index < -0.39 is 0 Å². The zero-order valence-corrected chi connectivity index (χ0v) is 9.29. The SMILES string of the molecule is CCOCC(O)CN(CC)C(C)C. The maximum Gasteiger partial charge on any atom is 0.0900 e. The Morgan fingerprint density at radius 2 is 1.92 bits per heavy atom. The summed E-state index contributed by atoms with van der Waals surface area (Å²) in [5.41, 5.74) is 0. The Balaban J connectivity index is 3.66. The number of aliphatic hydroxyl groups excluding tert-OH is 1. The van der Waals surface area contributed by atoms with Gasteiger partial charge in [-0.25, -0.2) is 0 Å². The van der Waals surface area contributed by atoms with Crippen LogP contribution >= 0.6 is 0 Å². The Hall–Kier alpha value is -0.120. The molecule has 80 valence electrons. The average molecular weight is 189 g/mol. The smallest absolute Gasteiger partial charge is 0.0900 e. The van der Waals surface area contributed by atoms with Crippen LogP contribution in [-0.2, 0) is 4.74 Å². The summed E-state index contributed by atoms with van der Waals surface area (Å²) in [7, 11) is 0. The van der Waals surface area contributed by atoms with Crippen molar-refractivity contribution in [3.63, 3.8) is 0 Å².